The lowest BCUT2D eigenvalue weighted by Crippen LogP contribution is -2.27. The van der Waals surface area contributed by atoms with Gasteiger partial charge in [0.05, 0.1) is 12.6 Å². The highest BCUT2D eigenvalue weighted by Crippen LogP contribution is 2.22. The van der Waals surface area contributed by atoms with Crippen LogP contribution in [0.2, 0.25) is 0 Å². The number of ether oxygens (including phenoxy) is 1. The molecular formula is C12H18INO2. The molecule has 2 unspecified atom stereocenters. The third kappa shape index (κ3) is 3.21. The second-order valence-corrected chi connectivity index (χ2v) is 5.27. The zero-order valence-electron chi connectivity index (χ0n) is 9.54. The van der Waals surface area contributed by atoms with E-state index in [1.807, 2.05) is 12.1 Å². The van der Waals surface area contributed by atoms with Crippen molar-refractivity contribution in [2.45, 2.75) is 32.4 Å². The molecule has 2 rings (SSSR count). The lowest BCUT2D eigenvalue weighted by molar-refractivity contribution is 0.0871. The third-order valence-electron chi connectivity index (χ3n) is 3.08. The summed E-state index contributed by atoms with van der Waals surface area (Å²) in [6.45, 7) is 4.95. The third-order valence-corrected chi connectivity index (χ3v) is 3.66. The van der Waals surface area contributed by atoms with Gasteiger partial charge in [-0.15, -0.1) is 0 Å². The molecule has 1 aliphatic rings. The Balaban J connectivity index is 1.71. The summed E-state index contributed by atoms with van der Waals surface area (Å²) >= 11 is 2.19. The first-order valence-corrected chi connectivity index (χ1v) is 6.94. The van der Waals surface area contributed by atoms with Crippen molar-refractivity contribution in [2.24, 2.45) is 5.92 Å². The second kappa shape index (κ2) is 6.02. The fourth-order valence-electron chi connectivity index (χ4n) is 2.20. The number of hydrogen-bond acceptors (Lipinski definition) is 3. The maximum absolute atomic E-state index is 5.66. The van der Waals surface area contributed by atoms with E-state index in [0.29, 0.717) is 12.0 Å². The molecular weight excluding hydrogens is 317 g/mol. The van der Waals surface area contributed by atoms with E-state index in [4.69, 9.17) is 9.15 Å². The van der Waals surface area contributed by atoms with Crippen LogP contribution in [0.4, 0.5) is 0 Å². The zero-order valence-corrected chi connectivity index (χ0v) is 11.7. The quantitative estimate of drug-likeness (QED) is 0.841. The summed E-state index contributed by atoms with van der Waals surface area (Å²) in [6.07, 6.45) is 2.75. The van der Waals surface area contributed by atoms with Gasteiger partial charge < -0.3 is 14.5 Å². The van der Waals surface area contributed by atoms with Crippen LogP contribution < -0.4 is 5.32 Å². The summed E-state index contributed by atoms with van der Waals surface area (Å²) in [5.41, 5.74) is 0. The molecule has 0 amide bonds. The summed E-state index contributed by atoms with van der Waals surface area (Å²) in [7, 11) is 0. The SMILES string of the molecule is CCC1OCCC1CNCc1ccc(I)o1. The molecule has 1 aliphatic heterocycles. The van der Waals surface area contributed by atoms with E-state index in [-0.39, 0.29) is 0 Å². The van der Waals surface area contributed by atoms with Crippen LogP contribution in [0.25, 0.3) is 0 Å². The number of rotatable bonds is 5. The number of hydrogen-bond donors (Lipinski definition) is 1. The first kappa shape index (κ1) is 12.4. The maximum atomic E-state index is 5.66. The van der Waals surface area contributed by atoms with Gasteiger partial charge in [0.2, 0.25) is 0 Å². The van der Waals surface area contributed by atoms with Crippen LogP contribution in [0.1, 0.15) is 25.5 Å². The Morgan fingerprint density at radius 3 is 3.06 bits per heavy atom. The van der Waals surface area contributed by atoms with E-state index < -0.39 is 0 Å². The van der Waals surface area contributed by atoms with E-state index >= 15 is 0 Å². The Morgan fingerprint density at radius 1 is 1.50 bits per heavy atom. The molecule has 0 radical (unpaired) electrons. The first-order chi connectivity index (χ1) is 7.79. The minimum absolute atomic E-state index is 0.448. The van der Waals surface area contributed by atoms with Crippen LogP contribution in [-0.4, -0.2) is 19.3 Å². The van der Waals surface area contributed by atoms with Crippen molar-refractivity contribution in [1.29, 1.82) is 0 Å². The summed E-state index contributed by atoms with van der Waals surface area (Å²) < 4.78 is 12.1. The average Bonchev–Trinajstić information content (AvgIpc) is 2.87. The lowest BCUT2D eigenvalue weighted by atomic mass is 10.00. The molecule has 0 saturated carbocycles. The molecule has 0 aliphatic carbocycles. The molecule has 16 heavy (non-hydrogen) atoms. The van der Waals surface area contributed by atoms with Gasteiger partial charge in [0.15, 0.2) is 3.77 Å². The van der Waals surface area contributed by atoms with Crippen LogP contribution in [0.3, 0.4) is 0 Å². The van der Waals surface area contributed by atoms with Crippen molar-refractivity contribution in [3.8, 4) is 0 Å². The molecule has 1 saturated heterocycles. The van der Waals surface area contributed by atoms with Gasteiger partial charge in [-0.3, -0.25) is 0 Å². The standard InChI is InChI=1S/C12H18INO2/c1-2-11-9(5-6-15-11)7-14-8-10-3-4-12(13)16-10/h3-4,9,11,14H,2,5-8H2,1H3. The van der Waals surface area contributed by atoms with E-state index in [2.05, 4.69) is 34.8 Å². The van der Waals surface area contributed by atoms with E-state index in [0.717, 1.165) is 35.6 Å². The normalized spacial score (nSPS) is 25.1. The Bertz CT molecular complexity index is 327. The monoisotopic (exact) mass is 335 g/mol. The van der Waals surface area contributed by atoms with Crippen molar-refractivity contribution < 1.29 is 9.15 Å². The molecule has 1 aromatic rings. The molecule has 1 fully saturated rings. The summed E-state index contributed by atoms with van der Waals surface area (Å²) in [5.74, 6) is 1.68. The van der Waals surface area contributed by atoms with Crippen LogP contribution in [-0.2, 0) is 11.3 Å². The van der Waals surface area contributed by atoms with Gasteiger partial charge in [-0.2, -0.15) is 0 Å². The predicted molar refractivity (Wildman–Crippen MR) is 71.3 cm³/mol. The Kier molecular flexibility index (Phi) is 4.66. The predicted octanol–water partition coefficient (Wildman–Crippen LogP) is 2.79. The van der Waals surface area contributed by atoms with Crippen LogP contribution in [0.5, 0.6) is 0 Å². The molecule has 0 spiro atoms. The second-order valence-electron chi connectivity index (χ2n) is 4.20. The number of furan rings is 1. The van der Waals surface area contributed by atoms with E-state index in [9.17, 15) is 0 Å². The van der Waals surface area contributed by atoms with Crippen molar-refractivity contribution in [3.05, 3.63) is 21.7 Å². The van der Waals surface area contributed by atoms with Gasteiger partial charge in [-0.05, 0) is 53.5 Å². The number of halogens is 1. The first-order valence-electron chi connectivity index (χ1n) is 5.86. The molecule has 0 aromatic carbocycles. The highest BCUT2D eigenvalue weighted by molar-refractivity contribution is 14.1. The molecule has 0 bridgehead atoms. The topological polar surface area (TPSA) is 34.4 Å². The Morgan fingerprint density at radius 2 is 2.38 bits per heavy atom. The fourth-order valence-corrected chi connectivity index (χ4v) is 2.67. The van der Waals surface area contributed by atoms with Gasteiger partial charge in [-0.1, -0.05) is 6.92 Å². The average molecular weight is 335 g/mol. The van der Waals surface area contributed by atoms with Crippen molar-refractivity contribution in [2.75, 3.05) is 13.2 Å². The van der Waals surface area contributed by atoms with Crippen LogP contribution in [0, 0.1) is 9.68 Å². The van der Waals surface area contributed by atoms with E-state index in [1.54, 1.807) is 0 Å². The summed E-state index contributed by atoms with van der Waals surface area (Å²) in [5, 5.41) is 3.44. The molecule has 2 heterocycles. The highest BCUT2D eigenvalue weighted by atomic mass is 127. The van der Waals surface area contributed by atoms with Gasteiger partial charge >= 0.3 is 0 Å². The van der Waals surface area contributed by atoms with Crippen molar-refractivity contribution in [3.63, 3.8) is 0 Å². The minimum Gasteiger partial charge on any atom is -0.454 e. The Hall–Kier alpha value is -0.0700. The van der Waals surface area contributed by atoms with Crippen molar-refractivity contribution >= 4 is 22.6 Å². The fraction of sp³-hybridized carbons (Fsp3) is 0.667. The molecule has 4 heteroatoms. The zero-order chi connectivity index (χ0) is 11.4. The maximum Gasteiger partial charge on any atom is 0.164 e. The molecule has 1 aromatic heterocycles. The van der Waals surface area contributed by atoms with Gasteiger partial charge in [0, 0.05) is 13.2 Å². The number of nitrogens with one attached hydrogen (secondary N) is 1. The lowest BCUT2D eigenvalue weighted by Gasteiger charge is -2.16. The Labute approximate surface area is 110 Å². The largest absolute Gasteiger partial charge is 0.454 e. The van der Waals surface area contributed by atoms with Gasteiger partial charge in [-0.25, -0.2) is 0 Å². The van der Waals surface area contributed by atoms with Crippen molar-refractivity contribution in [1.82, 2.24) is 5.32 Å². The smallest absolute Gasteiger partial charge is 0.164 e. The van der Waals surface area contributed by atoms with Crippen LogP contribution in [0.15, 0.2) is 16.5 Å². The molecule has 90 valence electrons. The summed E-state index contributed by atoms with van der Waals surface area (Å²) in [6, 6.07) is 4.02. The summed E-state index contributed by atoms with van der Waals surface area (Å²) in [4.78, 5) is 0. The van der Waals surface area contributed by atoms with Crippen LogP contribution >= 0.6 is 22.6 Å². The molecule has 3 nitrogen and oxygen atoms in total. The molecule has 2 atom stereocenters. The van der Waals surface area contributed by atoms with Gasteiger partial charge in [0.25, 0.3) is 0 Å². The highest BCUT2D eigenvalue weighted by Gasteiger charge is 2.25. The van der Waals surface area contributed by atoms with E-state index in [1.165, 1.54) is 6.42 Å². The minimum atomic E-state index is 0.448. The van der Waals surface area contributed by atoms with Gasteiger partial charge in [0.1, 0.15) is 5.76 Å². The molecule has 1 N–H and O–H groups in total.